The van der Waals surface area contributed by atoms with Crippen molar-refractivity contribution in [3.05, 3.63) is 94.3 Å². The first kappa shape index (κ1) is 23.0. The Kier molecular flexibility index (Phi) is 6.46. The Bertz CT molecular complexity index is 1440. The Morgan fingerprint density at radius 3 is 2.57 bits per heavy atom. The molecule has 7 nitrogen and oxygen atoms in total. The Hall–Kier alpha value is -3.78. The predicted molar refractivity (Wildman–Crippen MR) is 136 cm³/mol. The van der Waals surface area contributed by atoms with Crippen molar-refractivity contribution in [2.45, 2.75) is 31.1 Å². The zero-order chi connectivity index (χ0) is 24.4. The number of carbonyl (C=O) groups is 1. The number of fused-ring (bicyclic) bond motifs is 2. The van der Waals surface area contributed by atoms with Gasteiger partial charge in [-0.15, -0.1) is 0 Å². The lowest BCUT2D eigenvalue weighted by atomic mass is 10.1. The molecule has 0 unspecified atom stereocenters. The van der Waals surface area contributed by atoms with E-state index < -0.39 is 0 Å². The van der Waals surface area contributed by atoms with Crippen LogP contribution >= 0.6 is 11.8 Å². The maximum atomic E-state index is 13.5. The van der Waals surface area contributed by atoms with E-state index in [1.165, 1.54) is 11.8 Å². The van der Waals surface area contributed by atoms with Gasteiger partial charge in [-0.1, -0.05) is 60.3 Å². The van der Waals surface area contributed by atoms with Crippen molar-refractivity contribution in [2.24, 2.45) is 0 Å². The fraction of sp³-hybridized carbons (Fsp3) is 0.222. The first-order valence-corrected chi connectivity index (χ1v) is 12.4. The van der Waals surface area contributed by atoms with E-state index in [-0.39, 0.29) is 36.1 Å². The fourth-order valence-electron chi connectivity index (χ4n) is 4.13. The number of nitrogens with one attached hydrogen (secondary N) is 1. The van der Waals surface area contributed by atoms with Crippen LogP contribution < -0.4 is 20.3 Å². The van der Waals surface area contributed by atoms with E-state index in [0.717, 1.165) is 11.1 Å². The average molecular weight is 488 g/mol. The SMILES string of the molecule is C[C@@H](NC(=O)CSc1nc2ccccc2c(=O)n1[C@@H](C)c1ccccc1)c1ccc2c(c1)OCO2. The Labute approximate surface area is 207 Å². The number of ether oxygens (including phenoxy) is 2. The summed E-state index contributed by atoms with van der Waals surface area (Å²) in [5.41, 5.74) is 2.41. The number of amides is 1. The monoisotopic (exact) mass is 487 g/mol. The van der Waals surface area contributed by atoms with Crippen LogP contribution in [-0.2, 0) is 4.79 Å². The van der Waals surface area contributed by atoms with Gasteiger partial charge in [-0.2, -0.15) is 0 Å². The minimum atomic E-state index is -0.237. The molecule has 1 aliphatic heterocycles. The second-order valence-electron chi connectivity index (χ2n) is 8.36. The Morgan fingerprint density at radius 2 is 1.74 bits per heavy atom. The highest BCUT2D eigenvalue weighted by Crippen LogP contribution is 2.34. The van der Waals surface area contributed by atoms with E-state index in [0.29, 0.717) is 27.6 Å². The maximum Gasteiger partial charge on any atom is 0.262 e. The normalized spacial score (nSPS) is 14.0. The molecular weight excluding hydrogens is 462 g/mol. The molecule has 0 saturated carbocycles. The van der Waals surface area contributed by atoms with Crippen LogP contribution in [0.15, 0.2) is 82.7 Å². The third-order valence-electron chi connectivity index (χ3n) is 6.05. The van der Waals surface area contributed by atoms with Gasteiger partial charge in [0.25, 0.3) is 5.56 Å². The highest BCUT2D eigenvalue weighted by atomic mass is 32.2. The summed E-state index contributed by atoms with van der Waals surface area (Å²) in [6.45, 7) is 4.10. The van der Waals surface area contributed by atoms with Crippen LogP contribution in [-0.4, -0.2) is 28.0 Å². The van der Waals surface area contributed by atoms with Gasteiger partial charge in [0, 0.05) is 0 Å². The summed E-state index contributed by atoms with van der Waals surface area (Å²) in [6, 6.07) is 22.3. The second kappa shape index (κ2) is 9.84. The first-order valence-electron chi connectivity index (χ1n) is 11.4. The molecule has 0 spiro atoms. The van der Waals surface area contributed by atoms with Crippen LogP contribution in [0.2, 0.25) is 0 Å². The van der Waals surface area contributed by atoms with Crippen molar-refractivity contribution in [3.63, 3.8) is 0 Å². The molecule has 1 aromatic heterocycles. The van der Waals surface area contributed by atoms with Gasteiger partial charge in [0.15, 0.2) is 16.7 Å². The molecule has 3 aromatic carbocycles. The van der Waals surface area contributed by atoms with Crippen molar-refractivity contribution in [1.29, 1.82) is 0 Å². The van der Waals surface area contributed by atoms with Crippen molar-refractivity contribution in [2.75, 3.05) is 12.5 Å². The van der Waals surface area contributed by atoms with E-state index in [4.69, 9.17) is 14.5 Å². The van der Waals surface area contributed by atoms with Crippen molar-refractivity contribution >= 4 is 28.6 Å². The topological polar surface area (TPSA) is 82.5 Å². The number of nitrogens with zero attached hydrogens (tertiary/aromatic N) is 2. The lowest BCUT2D eigenvalue weighted by Gasteiger charge is -2.20. The van der Waals surface area contributed by atoms with Gasteiger partial charge >= 0.3 is 0 Å². The van der Waals surface area contributed by atoms with Crippen LogP contribution in [0.1, 0.15) is 37.1 Å². The number of hydrogen-bond donors (Lipinski definition) is 1. The zero-order valence-corrected chi connectivity index (χ0v) is 20.2. The van der Waals surface area contributed by atoms with Crippen LogP contribution in [0.25, 0.3) is 10.9 Å². The van der Waals surface area contributed by atoms with E-state index >= 15 is 0 Å². The smallest absolute Gasteiger partial charge is 0.262 e. The van der Waals surface area contributed by atoms with Gasteiger partial charge < -0.3 is 14.8 Å². The molecule has 5 rings (SSSR count). The molecule has 2 atom stereocenters. The van der Waals surface area contributed by atoms with Crippen LogP contribution in [0.3, 0.4) is 0 Å². The fourth-order valence-corrected chi connectivity index (χ4v) is 5.02. The van der Waals surface area contributed by atoms with Crippen LogP contribution in [0.4, 0.5) is 0 Å². The Balaban J connectivity index is 1.37. The van der Waals surface area contributed by atoms with Gasteiger partial charge in [0.2, 0.25) is 12.7 Å². The number of aromatic nitrogens is 2. The molecule has 1 aliphatic rings. The quantitative estimate of drug-likeness (QED) is 0.301. The molecule has 0 fully saturated rings. The lowest BCUT2D eigenvalue weighted by Crippen LogP contribution is -2.30. The summed E-state index contributed by atoms with van der Waals surface area (Å²) in [5.74, 6) is 1.36. The van der Waals surface area contributed by atoms with Crippen LogP contribution in [0.5, 0.6) is 11.5 Å². The second-order valence-corrected chi connectivity index (χ2v) is 9.31. The number of carbonyl (C=O) groups excluding carboxylic acids is 1. The van der Waals surface area contributed by atoms with Crippen molar-refractivity contribution in [3.8, 4) is 11.5 Å². The summed E-state index contributed by atoms with van der Waals surface area (Å²) in [7, 11) is 0. The molecule has 0 radical (unpaired) electrons. The first-order chi connectivity index (χ1) is 17.0. The average Bonchev–Trinajstić information content (AvgIpc) is 3.36. The standard InChI is InChI=1S/C27H25N3O4S/c1-17(20-12-13-23-24(14-20)34-16-33-23)28-25(31)15-35-27-29-22-11-7-6-10-21(22)26(32)30(27)18(2)19-8-4-3-5-9-19/h3-14,17-18H,15-16H2,1-2H3,(H,28,31)/t17-,18+/m1/s1. The van der Waals surface area contributed by atoms with Crippen LogP contribution in [0, 0.1) is 0 Å². The molecule has 0 aliphatic carbocycles. The largest absolute Gasteiger partial charge is 0.454 e. The molecular formula is C27H25N3O4S. The molecule has 0 bridgehead atoms. The number of benzene rings is 3. The lowest BCUT2D eigenvalue weighted by molar-refractivity contribution is -0.119. The molecule has 1 amide bonds. The third kappa shape index (κ3) is 4.74. The molecule has 4 aromatic rings. The molecule has 1 N–H and O–H groups in total. The van der Waals surface area contributed by atoms with Crippen molar-refractivity contribution < 1.29 is 14.3 Å². The van der Waals surface area contributed by atoms with Gasteiger partial charge in [-0.25, -0.2) is 4.98 Å². The van der Waals surface area contributed by atoms with E-state index in [9.17, 15) is 9.59 Å². The minimum Gasteiger partial charge on any atom is -0.454 e. The number of para-hydroxylation sites is 1. The minimum absolute atomic E-state index is 0.122. The molecule has 178 valence electrons. The molecule has 8 heteroatoms. The van der Waals surface area contributed by atoms with Gasteiger partial charge in [0.05, 0.1) is 28.7 Å². The number of thioether (sulfide) groups is 1. The molecule has 2 heterocycles. The highest BCUT2D eigenvalue weighted by Gasteiger charge is 2.20. The Morgan fingerprint density at radius 1 is 1.00 bits per heavy atom. The van der Waals surface area contributed by atoms with E-state index in [1.807, 2.05) is 80.6 Å². The predicted octanol–water partition coefficient (Wildman–Crippen LogP) is 4.70. The summed E-state index contributed by atoms with van der Waals surface area (Å²) in [6.07, 6.45) is 0. The summed E-state index contributed by atoms with van der Waals surface area (Å²) in [4.78, 5) is 31.0. The zero-order valence-electron chi connectivity index (χ0n) is 19.4. The number of rotatable bonds is 7. The van der Waals surface area contributed by atoms with Gasteiger partial charge in [-0.3, -0.25) is 14.2 Å². The van der Waals surface area contributed by atoms with E-state index in [2.05, 4.69) is 5.32 Å². The third-order valence-corrected chi connectivity index (χ3v) is 7.00. The van der Waals surface area contributed by atoms with Gasteiger partial charge in [-0.05, 0) is 49.2 Å². The summed E-state index contributed by atoms with van der Waals surface area (Å²) >= 11 is 1.26. The van der Waals surface area contributed by atoms with Gasteiger partial charge in [0.1, 0.15) is 0 Å². The highest BCUT2D eigenvalue weighted by molar-refractivity contribution is 7.99. The molecule has 0 saturated heterocycles. The van der Waals surface area contributed by atoms with Crippen molar-refractivity contribution in [1.82, 2.24) is 14.9 Å². The number of hydrogen-bond acceptors (Lipinski definition) is 6. The van der Waals surface area contributed by atoms with E-state index in [1.54, 1.807) is 10.6 Å². The maximum absolute atomic E-state index is 13.5. The molecule has 35 heavy (non-hydrogen) atoms. The summed E-state index contributed by atoms with van der Waals surface area (Å²) in [5, 5.41) is 4.08. The summed E-state index contributed by atoms with van der Waals surface area (Å²) < 4.78 is 12.5.